The molecule has 1 aliphatic carbocycles. The highest BCUT2D eigenvalue weighted by molar-refractivity contribution is 5.70. The number of cyclic esters (lactones) is 1. The minimum Gasteiger partial charge on any atom is -0.462 e. The first kappa shape index (κ1) is 14.3. The number of carbonyl (C=O) groups excluding carboxylic acids is 1. The van der Waals surface area contributed by atoms with Crippen LogP contribution in [0, 0.1) is 17.8 Å². The standard InChI is InChI=1S/C16H24O3/c1-11-9-12(2)15(7-8-18-3)19-16(17)10-13-5-4-6-14(11)13/h4-5,9,12-15H,6-8,10H2,1-3H3/b11-9+/t12-,13-,14+,15-/m1/s1. The van der Waals surface area contributed by atoms with Gasteiger partial charge in [0, 0.05) is 26.1 Å². The fourth-order valence-corrected chi connectivity index (χ4v) is 3.16. The average molecular weight is 264 g/mol. The Bertz CT molecular complexity index is 383. The normalized spacial score (nSPS) is 37.6. The number of fused-ring (bicyclic) bond motifs is 1. The second kappa shape index (κ2) is 6.38. The quantitative estimate of drug-likeness (QED) is 0.580. The third kappa shape index (κ3) is 3.47. The van der Waals surface area contributed by atoms with Crippen LogP contribution in [0.15, 0.2) is 23.8 Å². The SMILES string of the molecule is COCC[C@H]1OC(=O)C[C@H]2C=CC[C@H]2/C(C)=C/[C@H]1C. The van der Waals surface area contributed by atoms with Gasteiger partial charge in [0.2, 0.25) is 0 Å². The van der Waals surface area contributed by atoms with Crippen molar-refractivity contribution in [2.75, 3.05) is 13.7 Å². The number of carbonyl (C=O) groups is 1. The molecule has 3 heteroatoms. The van der Waals surface area contributed by atoms with Gasteiger partial charge in [-0.15, -0.1) is 0 Å². The van der Waals surface area contributed by atoms with E-state index < -0.39 is 0 Å². The summed E-state index contributed by atoms with van der Waals surface area (Å²) in [5.41, 5.74) is 1.39. The van der Waals surface area contributed by atoms with Crippen LogP contribution in [0.2, 0.25) is 0 Å². The van der Waals surface area contributed by atoms with Gasteiger partial charge in [-0.05, 0) is 25.2 Å². The van der Waals surface area contributed by atoms with Gasteiger partial charge in [-0.1, -0.05) is 30.7 Å². The predicted octanol–water partition coefficient (Wildman–Crippen LogP) is 3.11. The molecular weight excluding hydrogens is 240 g/mol. The number of hydrogen-bond donors (Lipinski definition) is 0. The maximum absolute atomic E-state index is 12.0. The van der Waals surface area contributed by atoms with Gasteiger partial charge in [-0.2, -0.15) is 0 Å². The van der Waals surface area contributed by atoms with Crippen molar-refractivity contribution in [1.29, 1.82) is 0 Å². The first-order valence-electron chi connectivity index (χ1n) is 7.15. The lowest BCUT2D eigenvalue weighted by Gasteiger charge is -2.21. The van der Waals surface area contributed by atoms with E-state index in [4.69, 9.17) is 9.47 Å². The molecule has 0 amide bonds. The molecule has 2 aliphatic rings. The molecule has 1 aliphatic heterocycles. The molecule has 0 bridgehead atoms. The van der Waals surface area contributed by atoms with Gasteiger partial charge < -0.3 is 9.47 Å². The summed E-state index contributed by atoms with van der Waals surface area (Å²) in [5.74, 6) is 0.976. The van der Waals surface area contributed by atoms with E-state index in [0.717, 1.165) is 12.8 Å². The zero-order chi connectivity index (χ0) is 13.8. The fourth-order valence-electron chi connectivity index (χ4n) is 3.16. The minimum atomic E-state index is -0.0717. The smallest absolute Gasteiger partial charge is 0.306 e. The van der Waals surface area contributed by atoms with Gasteiger partial charge in [-0.3, -0.25) is 4.79 Å². The molecule has 0 aromatic heterocycles. The van der Waals surface area contributed by atoms with Crippen molar-refractivity contribution in [3.63, 3.8) is 0 Å². The number of esters is 1. The lowest BCUT2D eigenvalue weighted by molar-refractivity contribution is -0.152. The van der Waals surface area contributed by atoms with Crippen molar-refractivity contribution in [3.05, 3.63) is 23.8 Å². The van der Waals surface area contributed by atoms with Crippen LogP contribution < -0.4 is 0 Å². The zero-order valence-electron chi connectivity index (χ0n) is 12.1. The van der Waals surface area contributed by atoms with Crippen LogP contribution in [0.4, 0.5) is 0 Å². The topological polar surface area (TPSA) is 35.5 Å². The van der Waals surface area contributed by atoms with Crippen LogP contribution in [0.3, 0.4) is 0 Å². The van der Waals surface area contributed by atoms with Gasteiger partial charge >= 0.3 is 5.97 Å². The first-order chi connectivity index (χ1) is 9.11. The molecule has 0 saturated carbocycles. The third-order valence-corrected chi connectivity index (χ3v) is 4.28. The predicted molar refractivity (Wildman–Crippen MR) is 74.6 cm³/mol. The van der Waals surface area contributed by atoms with Crippen LogP contribution >= 0.6 is 0 Å². The molecule has 0 radical (unpaired) electrons. The largest absolute Gasteiger partial charge is 0.462 e. The minimum absolute atomic E-state index is 0.0646. The maximum Gasteiger partial charge on any atom is 0.306 e. The van der Waals surface area contributed by atoms with Crippen molar-refractivity contribution < 1.29 is 14.3 Å². The summed E-state index contributed by atoms with van der Waals surface area (Å²) in [6.07, 6.45) is 8.89. The Morgan fingerprint density at radius 1 is 1.47 bits per heavy atom. The number of rotatable bonds is 3. The molecule has 0 aromatic carbocycles. The molecule has 3 nitrogen and oxygen atoms in total. The van der Waals surface area contributed by atoms with E-state index in [0.29, 0.717) is 24.9 Å². The highest BCUT2D eigenvalue weighted by Gasteiger charge is 2.31. The molecule has 4 atom stereocenters. The van der Waals surface area contributed by atoms with Gasteiger partial charge in [0.05, 0.1) is 6.42 Å². The fraction of sp³-hybridized carbons (Fsp3) is 0.688. The average Bonchev–Trinajstić information content (AvgIpc) is 2.81. The van der Waals surface area contributed by atoms with Crippen molar-refractivity contribution in [2.45, 2.75) is 39.2 Å². The number of methoxy groups -OCH3 is 1. The molecule has 0 saturated heterocycles. The molecule has 0 unspecified atom stereocenters. The van der Waals surface area contributed by atoms with Crippen LogP contribution in [-0.2, 0) is 14.3 Å². The Labute approximate surface area is 115 Å². The van der Waals surface area contributed by atoms with Crippen LogP contribution in [-0.4, -0.2) is 25.8 Å². The Morgan fingerprint density at radius 2 is 2.26 bits per heavy atom. The summed E-state index contributed by atoms with van der Waals surface area (Å²) in [7, 11) is 1.68. The Balaban J connectivity index is 2.15. The highest BCUT2D eigenvalue weighted by Crippen LogP contribution is 2.36. The van der Waals surface area contributed by atoms with Crippen LogP contribution in [0.1, 0.15) is 33.1 Å². The Kier molecular flexibility index (Phi) is 4.81. The molecule has 0 aromatic rings. The number of ether oxygens (including phenoxy) is 2. The van der Waals surface area contributed by atoms with Crippen LogP contribution in [0.25, 0.3) is 0 Å². The van der Waals surface area contributed by atoms with E-state index in [1.165, 1.54) is 5.57 Å². The summed E-state index contributed by atoms with van der Waals surface area (Å²) in [5, 5.41) is 0. The molecule has 19 heavy (non-hydrogen) atoms. The van der Waals surface area contributed by atoms with Crippen molar-refractivity contribution in [3.8, 4) is 0 Å². The van der Waals surface area contributed by atoms with E-state index in [1.54, 1.807) is 7.11 Å². The molecule has 0 fully saturated rings. The van der Waals surface area contributed by atoms with E-state index in [2.05, 4.69) is 32.1 Å². The van der Waals surface area contributed by atoms with Crippen molar-refractivity contribution >= 4 is 5.97 Å². The van der Waals surface area contributed by atoms with E-state index in [9.17, 15) is 4.79 Å². The molecule has 106 valence electrons. The molecule has 2 rings (SSSR count). The zero-order valence-corrected chi connectivity index (χ0v) is 12.1. The first-order valence-corrected chi connectivity index (χ1v) is 7.15. The highest BCUT2D eigenvalue weighted by atomic mass is 16.5. The van der Waals surface area contributed by atoms with Gasteiger partial charge in [0.25, 0.3) is 0 Å². The summed E-state index contributed by atoms with van der Waals surface area (Å²) in [6.45, 7) is 4.94. The summed E-state index contributed by atoms with van der Waals surface area (Å²) in [6, 6.07) is 0. The number of allylic oxidation sites excluding steroid dienone is 3. The van der Waals surface area contributed by atoms with E-state index in [-0.39, 0.29) is 18.0 Å². The Hall–Kier alpha value is -1.09. The second-order valence-electron chi connectivity index (χ2n) is 5.72. The monoisotopic (exact) mass is 264 g/mol. The number of hydrogen-bond acceptors (Lipinski definition) is 3. The Morgan fingerprint density at radius 3 is 3.00 bits per heavy atom. The summed E-state index contributed by atoms with van der Waals surface area (Å²) < 4.78 is 10.8. The molecule has 1 heterocycles. The van der Waals surface area contributed by atoms with E-state index in [1.807, 2.05) is 0 Å². The van der Waals surface area contributed by atoms with Crippen molar-refractivity contribution in [1.82, 2.24) is 0 Å². The van der Waals surface area contributed by atoms with Crippen LogP contribution in [0.5, 0.6) is 0 Å². The lowest BCUT2D eigenvalue weighted by atomic mass is 9.85. The lowest BCUT2D eigenvalue weighted by Crippen LogP contribution is -2.26. The van der Waals surface area contributed by atoms with Gasteiger partial charge in [0.1, 0.15) is 6.10 Å². The molecular formula is C16H24O3. The second-order valence-corrected chi connectivity index (χ2v) is 5.72. The summed E-state index contributed by atoms with van der Waals surface area (Å²) >= 11 is 0. The maximum atomic E-state index is 12.0. The third-order valence-electron chi connectivity index (χ3n) is 4.28. The van der Waals surface area contributed by atoms with Crippen molar-refractivity contribution in [2.24, 2.45) is 17.8 Å². The van der Waals surface area contributed by atoms with Gasteiger partial charge in [-0.25, -0.2) is 0 Å². The van der Waals surface area contributed by atoms with Gasteiger partial charge in [0.15, 0.2) is 0 Å². The molecule has 0 spiro atoms. The summed E-state index contributed by atoms with van der Waals surface area (Å²) in [4.78, 5) is 12.0. The van der Waals surface area contributed by atoms with E-state index >= 15 is 0 Å². The molecule has 0 N–H and O–H groups in total.